The maximum atomic E-state index is 12.3. The van der Waals surface area contributed by atoms with Gasteiger partial charge in [0.05, 0.1) is 17.9 Å². The van der Waals surface area contributed by atoms with Crippen LogP contribution in [0.2, 0.25) is 0 Å². The van der Waals surface area contributed by atoms with E-state index in [1.165, 1.54) is 0 Å². The molecule has 0 atom stereocenters. The van der Waals surface area contributed by atoms with Crippen LogP contribution in [0, 0.1) is 13.8 Å². The van der Waals surface area contributed by atoms with E-state index >= 15 is 0 Å². The van der Waals surface area contributed by atoms with Crippen molar-refractivity contribution in [1.29, 1.82) is 0 Å². The fraction of sp³-hybridized carbons (Fsp3) is 0.231. The van der Waals surface area contributed by atoms with Gasteiger partial charge in [0, 0.05) is 6.20 Å². The Labute approximate surface area is 118 Å². The summed E-state index contributed by atoms with van der Waals surface area (Å²) in [6.07, 6.45) is 1.59. The molecule has 0 saturated heterocycles. The van der Waals surface area contributed by atoms with Gasteiger partial charge in [-0.25, -0.2) is 23.1 Å². The normalized spacial score (nSPS) is 11.5. The number of nitrogens with zero attached hydrogens (tertiary/aromatic N) is 2. The highest BCUT2D eigenvalue weighted by molar-refractivity contribution is 7.89. The summed E-state index contributed by atoms with van der Waals surface area (Å²) in [5.41, 5.74) is 7.20. The van der Waals surface area contributed by atoms with Gasteiger partial charge in [-0.15, -0.1) is 0 Å². The Hall–Kier alpha value is -1.99. The summed E-state index contributed by atoms with van der Waals surface area (Å²) in [4.78, 5) is 8.22. The second-order valence-corrected chi connectivity index (χ2v) is 6.12. The van der Waals surface area contributed by atoms with Crippen LogP contribution in [0.25, 0.3) is 0 Å². The van der Waals surface area contributed by atoms with Crippen molar-refractivity contribution in [2.75, 3.05) is 5.73 Å². The molecule has 0 fully saturated rings. The van der Waals surface area contributed by atoms with Crippen molar-refractivity contribution in [2.24, 2.45) is 0 Å². The standard InChI is InChI=1S/C13H16N4O2S/c1-9-4-3-5-12(14)13(9)20(18,19)16-8-11-6-7-15-10(2)17-11/h3-7,16H,8,14H2,1-2H3. The monoisotopic (exact) mass is 292 g/mol. The minimum Gasteiger partial charge on any atom is -0.398 e. The third kappa shape index (κ3) is 3.12. The highest BCUT2D eigenvalue weighted by Crippen LogP contribution is 2.22. The number of nitrogen functional groups attached to an aromatic ring is 1. The van der Waals surface area contributed by atoms with Crippen LogP contribution in [0.4, 0.5) is 5.69 Å². The molecule has 6 nitrogen and oxygen atoms in total. The fourth-order valence-electron chi connectivity index (χ4n) is 1.89. The quantitative estimate of drug-likeness (QED) is 0.824. The van der Waals surface area contributed by atoms with E-state index in [-0.39, 0.29) is 17.1 Å². The molecule has 7 heteroatoms. The van der Waals surface area contributed by atoms with E-state index in [1.807, 2.05) is 0 Å². The van der Waals surface area contributed by atoms with E-state index in [2.05, 4.69) is 14.7 Å². The summed E-state index contributed by atoms with van der Waals surface area (Å²) in [5, 5.41) is 0. The zero-order valence-corrected chi connectivity index (χ0v) is 12.1. The Bertz CT molecular complexity index is 709. The number of anilines is 1. The molecular formula is C13H16N4O2S. The molecule has 1 heterocycles. The lowest BCUT2D eigenvalue weighted by Crippen LogP contribution is -2.25. The van der Waals surface area contributed by atoms with Gasteiger partial charge in [-0.2, -0.15) is 0 Å². The van der Waals surface area contributed by atoms with Gasteiger partial charge >= 0.3 is 0 Å². The molecular weight excluding hydrogens is 276 g/mol. The van der Waals surface area contributed by atoms with Crippen molar-refractivity contribution in [2.45, 2.75) is 25.3 Å². The molecule has 2 aromatic rings. The summed E-state index contributed by atoms with van der Waals surface area (Å²) in [5.74, 6) is 0.595. The lowest BCUT2D eigenvalue weighted by atomic mass is 10.2. The van der Waals surface area contributed by atoms with E-state index in [1.54, 1.807) is 44.3 Å². The molecule has 0 aliphatic carbocycles. The van der Waals surface area contributed by atoms with E-state index in [4.69, 9.17) is 5.73 Å². The van der Waals surface area contributed by atoms with E-state index in [0.29, 0.717) is 17.1 Å². The Balaban J connectivity index is 2.24. The van der Waals surface area contributed by atoms with Crippen molar-refractivity contribution in [3.8, 4) is 0 Å². The molecule has 0 aliphatic heterocycles. The average Bonchev–Trinajstić information content (AvgIpc) is 2.36. The van der Waals surface area contributed by atoms with Gasteiger partial charge < -0.3 is 5.73 Å². The summed E-state index contributed by atoms with van der Waals surface area (Å²) < 4.78 is 27.1. The summed E-state index contributed by atoms with van der Waals surface area (Å²) in [7, 11) is -3.67. The van der Waals surface area contributed by atoms with Crippen molar-refractivity contribution < 1.29 is 8.42 Å². The molecule has 106 valence electrons. The summed E-state index contributed by atoms with van der Waals surface area (Å²) in [6, 6.07) is 6.66. The summed E-state index contributed by atoms with van der Waals surface area (Å²) in [6.45, 7) is 3.55. The third-order valence-corrected chi connectivity index (χ3v) is 4.41. The smallest absolute Gasteiger partial charge is 0.243 e. The van der Waals surface area contributed by atoms with Crippen LogP contribution in [0.1, 0.15) is 17.1 Å². The number of nitrogens with two attached hydrogens (primary N) is 1. The van der Waals surface area contributed by atoms with Gasteiger partial charge in [0.2, 0.25) is 10.0 Å². The van der Waals surface area contributed by atoms with Crippen LogP contribution in [-0.4, -0.2) is 18.4 Å². The maximum absolute atomic E-state index is 12.3. The molecule has 0 aliphatic rings. The van der Waals surface area contributed by atoms with Gasteiger partial charge in [-0.1, -0.05) is 12.1 Å². The Morgan fingerprint density at radius 3 is 2.65 bits per heavy atom. The molecule has 0 amide bonds. The van der Waals surface area contributed by atoms with Crippen LogP contribution in [0.5, 0.6) is 0 Å². The van der Waals surface area contributed by atoms with Crippen molar-refractivity contribution in [3.05, 3.63) is 47.5 Å². The Morgan fingerprint density at radius 1 is 1.25 bits per heavy atom. The lowest BCUT2D eigenvalue weighted by Gasteiger charge is -2.11. The average molecular weight is 292 g/mol. The molecule has 0 saturated carbocycles. The first kappa shape index (κ1) is 14.4. The van der Waals surface area contributed by atoms with E-state index in [9.17, 15) is 8.42 Å². The molecule has 2 rings (SSSR count). The second kappa shape index (κ2) is 5.56. The molecule has 1 aromatic carbocycles. The van der Waals surface area contributed by atoms with E-state index in [0.717, 1.165) is 0 Å². The summed E-state index contributed by atoms with van der Waals surface area (Å²) >= 11 is 0. The molecule has 0 bridgehead atoms. The molecule has 1 aromatic heterocycles. The van der Waals surface area contributed by atoms with Crippen LogP contribution in [-0.2, 0) is 16.6 Å². The first-order valence-electron chi connectivity index (χ1n) is 6.03. The van der Waals surface area contributed by atoms with Crippen molar-refractivity contribution in [1.82, 2.24) is 14.7 Å². The number of sulfonamides is 1. The van der Waals surface area contributed by atoms with Crippen LogP contribution >= 0.6 is 0 Å². The number of hydrogen-bond donors (Lipinski definition) is 2. The van der Waals surface area contributed by atoms with Crippen LogP contribution in [0.3, 0.4) is 0 Å². The molecule has 20 heavy (non-hydrogen) atoms. The molecule has 0 spiro atoms. The highest BCUT2D eigenvalue weighted by Gasteiger charge is 2.19. The zero-order valence-electron chi connectivity index (χ0n) is 11.3. The number of benzene rings is 1. The van der Waals surface area contributed by atoms with Gasteiger partial charge in [-0.3, -0.25) is 0 Å². The molecule has 0 radical (unpaired) electrons. The first-order chi connectivity index (χ1) is 9.40. The molecule has 3 N–H and O–H groups in total. The number of aryl methyl sites for hydroxylation is 2. The highest BCUT2D eigenvalue weighted by atomic mass is 32.2. The largest absolute Gasteiger partial charge is 0.398 e. The van der Waals surface area contributed by atoms with Gasteiger partial charge in [0.15, 0.2) is 0 Å². The SMILES string of the molecule is Cc1nccc(CNS(=O)(=O)c2c(C)cccc2N)n1. The predicted molar refractivity (Wildman–Crippen MR) is 76.4 cm³/mol. The van der Waals surface area contributed by atoms with Crippen LogP contribution in [0.15, 0.2) is 35.4 Å². The third-order valence-electron chi connectivity index (χ3n) is 2.79. The Kier molecular flexibility index (Phi) is 4.01. The number of hydrogen-bond acceptors (Lipinski definition) is 5. The lowest BCUT2D eigenvalue weighted by molar-refractivity contribution is 0.580. The minimum absolute atomic E-state index is 0.0967. The van der Waals surface area contributed by atoms with Gasteiger partial charge in [-0.05, 0) is 31.5 Å². The van der Waals surface area contributed by atoms with Gasteiger partial charge in [0.1, 0.15) is 10.7 Å². The van der Waals surface area contributed by atoms with Gasteiger partial charge in [0.25, 0.3) is 0 Å². The molecule has 0 unspecified atom stereocenters. The Morgan fingerprint density at radius 2 is 2.00 bits per heavy atom. The minimum atomic E-state index is -3.67. The second-order valence-electron chi connectivity index (χ2n) is 4.41. The predicted octanol–water partition coefficient (Wildman–Crippen LogP) is 1.15. The fourth-order valence-corrected chi connectivity index (χ4v) is 3.24. The van der Waals surface area contributed by atoms with Crippen molar-refractivity contribution in [3.63, 3.8) is 0 Å². The van der Waals surface area contributed by atoms with Crippen molar-refractivity contribution >= 4 is 15.7 Å². The maximum Gasteiger partial charge on any atom is 0.243 e. The number of rotatable bonds is 4. The van der Waals surface area contributed by atoms with E-state index < -0.39 is 10.0 Å². The zero-order chi connectivity index (χ0) is 14.8. The first-order valence-corrected chi connectivity index (χ1v) is 7.52. The number of aromatic nitrogens is 2. The van der Waals surface area contributed by atoms with Crippen LogP contribution < -0.4 is 10.5 Å². The topological polar surface area (TPSA) is 98.0 Å². The number of nitrogens with one attached hydrogen (secondary N) is 1.